The van der Waals surface area contributed by atoms with Crippen molar-refractivity contribution in [2.75, 3.05) is 26.8 Å². The van der Waals surface area contributed by atoms with Gasteiger partial charge in [-0.3, -0.25) is 4.79 Å². The van der Waals surface area contributed by atoms with Gasteiger partial charge in [-0.2, -0.15) is 0 Å². The van der Waals surface area contributed by atoms with Gasteiger partial charge in [-0.25, -0.2) is 4.98 Å². The maximum Gasteiger partial charge on any atom is 0.253 e. The van der Waals surface area contributed by atoms with Gasteiger partial charge in [0.15, 0.2) is 0 Å². The van der Waals surface area contributed by atoms with Crippen LogP contribution in [-0.4, -0.2) is 48.7 Å². The summed E-state index contributed by atoms with van der Waals surface area (Å²) in [6.07, 6.45) is 4.62. The van der Waals surface area contributed by atoms with Gasteiger partial charge in [0, 0.05) is 37.8 Å². The molecule has 1 aliphatic rings. The fraction of sp³-hybridized carbons (Fsp3) is 0.600. The van der Waals surface area contributed by atoms with E-state index in [-0.39, 0.29) is 12.0 Å². The number of amides is 1. The Hall–Kier alpha value is -1.62. The van der Waals surface area contributed by atoms with Gasteiger partial charge in [0.25, 0.3) is 5.91 Å². The third-order valence-corrected chi connectivity index (χ3v) is 3.35. The molecule has 1 aromatic heterocycles. The molecule has 2 heterocycles. The van der Waals surface area contributed by atoms with Crippen LogP contribution in [0.3, 0.4) is 0 Å². The zero-order chi connectivity index (χ0) is 14.4. The number of pyridine rings is 1. The van der Waals surface area contributed by atoms with Crippen LogP contribution in [0, 0.1) is 0 Å². The molecule has 1 fully saturated rings. The Bertz CT molecular complexity index is 444. The summed E-state index contributed by atoms with van der Waals surface area (Å²) in [6, 6.07) is 3.44. The molecule has 0 bridgehead atoms. The Labute approximate surface area is 119 Å². The van der Waals surface area contributed by atoms with Gasteiger partial charge in [0.05, 0.1) is 13.2 Å². The summed E-state index contributed by atoms with van der Waals surface area (Å²) in [5.41, 5.74) is 0.618. The first-order valence-corrected chi connectivity index (χ1v) is 7.16. The summed E-state index contributed by atoms with van der Waals surface area (Å²) in [5, 5.41) is 0. The summed E-state index contributed by atoms with van der Waals surface area (Å²) in [4.78, 5) is 18.2. The molecule has 5 nitrogen and oxygen atoms in total. The molecule has 0 N–H and O–H groups in total. The topological polar surface area (TPSA) is 51.7 Å². The van der Waals surface area contributed by atoms with Gasteiger partial charge in [-0.05, 0) is 12.5 Å². The summed E-state index contributed by atoms with van der Waals surface area (Å²) in [7, 11) is 1.82. The summed E-state index contributed by atoms with van der Waals surface area (Å²) in [6.45, 7) is 4.20. The van der Waals surface area contributed by atoms with Gasteiger partial charge in [0.1, 0.15) is 6.10 Å². The number of hydrogen-bond donors (Lipinski definition) is 0. The number of hydrogen-bond acceptors (Lipinski definition) is 4. The zero-order valence-electron chi connectivity index (χ0n) is 12.2. The number of carbonyl (C=O) groups excluding carboxylic acids is 1. The van der Waals surface area contributed by atoms with Crippen molar-refractivity contribution in [3.8, 4) is 5.88 Å². The Morgan fingerprint density at radius 2 is 2.45 bits per heavy atom. The maximum absolute atomic E-state index is 12.3. The monoisotopic (exact) mass is 278 g/mol. The minimum atomic E-state index is 0.00775. The van der Waals surface area contributed by atoms with Crippen molar-refractivity contribution in [2.24, 2.45) is 0 Å². The molecule has 1 aromatic rings. The first kappa shape index (κ1) is 14.8. The second-order valence-corrected chi connectivity index (χ2v) is 5.07. The van der Waals surface area contributed by atoms with E-state index in [0.717, 1.165) is 32.4 Å². The van der Waals surface area contributed by atoms with Crippen LogP contribution in [0.15, 0.2) is 18.3 Å². The van der Waals surface area contributed by atoms with Gasteiger partial charge >= 0.3 is 0 Å². The Kier molecular flexibility index (Phi) is 5.35. The summed E-state index contributed by atoms with van der Waals surface area (Å²) in [5.74, 6) is 0.503. The lowest BCUT2D eigenvalue weighted by molar-refractivity contribution is 0.0792. The van der Waals surface area contributed by atoms with Crippen LogP contribution in [0.2, 0.25) is 0 Å². The lowest BCUT2D eigenvalue weighted by Crippen LogP contribution is -2.27. The number of unbranched alkanes of at least 4 members (excludes halogenated alkanes) is 1. The van der Waals surface area contributed by atoms with Crippen LogP contribution >= 0.6 is 0 Å². The number of carbonyl (C=O) groups is 1. The predicted octanol–water partition coefficient (Wildman–Crippen LogP) is 2.12. The van der Waals surface area contributed by atoms with Crippen LogP contribution in [0.4, 0.5) is 0 Å². The van der Waals surface area contributed by atoms with Crippen molar-refractivity contribution >= 4 is 5.91 Å². The number of ether oxygens (including phenoxy) is 2. The fourth-order valence-corrected chi connectivity index (χ4v) is 2.10. The molecule has 0 saturated carbocycles. The van der Waals surface area contributed by atoms with E-state index in [2.05, 4.69) is 11.9 Å². The average molecular weight is 278 g/mol. The lowest BCUT2D eigenvalue weighted by Gasteiger charge is -2.17. The van der Waals surface area contributed by atoms with Crippen LogP contribution in [0.25, 0.3) is 0 Å². The molecule has 0 aliphatic carbocycles. The quantitative estimate of drug-likeness (QED) is 0.800. The largest absolute Gasteiger partial charge is 0.472 e. The highest BCUT2D eigenvalue weighted by Crippen LogP contribution is 2.16. The van der Waals surface area contributed by atoms with Gasteiger partial charge < -0.3 is 14.4 Å². The van der Waals surface area contributed by atoms with Crippen LogP contribution < -0.4 is 4.74 Å². The van der Waals surface area contributed by atoms with E-state index in [9.17, 15) is 4.79 Å². The Balaban J connectivity index is 1.98. The van der Waals surface area contributed by atoms with E-state index in [4.69, 9.17) is 9.47 Å². The molecule has 1 unspecified atom stereocenters. The SMILES string of the molecule is CCCCN(C)C(=O)c1ccnc(OC2CCOC2)c1. The molecule has 0 aromatic carbocycles. The Morgan fingerprint density at radius 3 is 3.15 bits per heavy atom. The number of aromatic nitrogens is 1. The van der Waals surface area contributed by atoms with E-state index >= 15 is 0 Å². The van der Waals surface area contributed by atoms with Crippen molar-refractivity contribution in [3.63, 3.8) is 0 Å². The molecule has 1 aliphatic heterocycles. The smallest absolute Gasteiger partial charge is 0.253 e. The van der Waals surface area contributed by atoms with E-state index in [1.54, 1.807) is 23.2 Å². The second kappa shape index (κ2) is 7.24. The van der Waals surface area contributed by atoms with E-state index in [0.29, 0.717) is 18.1 Å². The highest BCUT2D eigenvalue weighted by atomic mass is 16.5. The maximum atomic E-state index is 12.3. The van der Waals surface area contributed by atoms with Gasteiger partial charge in [-0.15, -0.1) is 0 Å². The highest BCUT2D eigenvalue weighted by Gasteiger charge is 2.19. The first-order valence-electron chi connectivity index (χ1n) is 7.16. The second-order valence-electron chi connectivity index (χ2n) is 5.07. The standard InChI is InChI=1S/C15H22N2O3/c1-3-4-8-17(2)15(18)12-5-7-16-14(10-12)20-13-6-9-19-11-13/h5,7,10,13H,3-4,6,8-9,11H2,1-2H3. The van der Waals surface area contributed by atoms with Crippen molar-refractivity contribution in [2.45, 2.75) is 32.3 Å². The van der Waals surface area contributed by atoms with Crippen molar-refractivity contribution in [3.05, 3.63) is 23.9 Å². The van der Waals surface area contributed by atoms with E-state index in [1.165, 1.54) is 0 Å². The van der Waals surface area contributed by atoms with E-state index < -0.39 is 0 Å². The van der Waals surface area contributed by atoms with Crippen LogP contribution in [0.1, 0.15) is 36.5 Å². The predicted molar refractivity (Wildman–Crippen MR) is 76.0 cm³/mol. The van der Waals surface area contributed by atoms with Crippen LogP contribution in [-0.2, 0) is 4.74 Å². The molecule has 110 valence electrons. The molecular weight excluding hydrogens is 256 g/mol. The Morgan fingerprint density at radius 1 is 1.60 bits per heavy atom. The number of nitrogens with zero attached hydrogens (tertiary/aromatic N) is 2. The molecule has 0 radical (unpaired) electrons. The minimum Gasteiger partial charge on any atom is -0.472 e. The third kappa shape index (κ3) is 3.93. The molecule has 0 spiro atoms. The van der Waals surface area contributed by atoms with Crippen molar-refractivity contribution in [1.82, 2.24) is 9.88 Å². The molecule has 1 saturated heterocycles. The zero-order valence-corrected chi connectivity index (χ0v) is 12.2. The average Bonchev–Trinajstić information content (AvgIpc) is 2.97. The van der Waals surface area contributed by atoms with Crippen molar-refractivity contribution < 1.29 is 14.3 Å². The lowest BCUT2D eigenvalue weighted by atomic mass is 10.2. The van der Waals surface area contributed by atoms with E-state index in [1.807, 2.05) is 7.05 Å². The summed E-state index contributed by atoms with van der Waals surface area (Å²) < 4.78 is 11.0. The third-order valence-electron chi connectivity index (χ3n) is 3.35. The molecule has 1 amide bonds. The molecule has 5 heteroatoms. The molecule has 1 atom stereocenters. The molecular formula is C15H22N2O3. The number of rotatable bonds is 6. The summed E-state index contributed by atoms with van der Waals surface area (Å²) >= 11 is 0. The molecule has 20 heavy (non-hydrogen) atoms. The fourth-order valence-electron chi connectivity index (χ4n) is 2.10. The van der Waals surface area contributed by atoms with Crippen LogP contribution in [0.5, 0.6) is 5.88 Å². The van der Waals surface area contributed by atoms with Gasteiger partial charge in [0.2, 0.25) is 5.88 Å². The van der Waals surface area contributed by atoms with Crippen molar-refractivity contribution in [1.29, 1.82) is 0 Å². The minimum absolute atomic E-state index is 0.00775. The highest BCUT2D eigenvalue weighted by molar-refractivity contribution is 5.94. The molecule has 2 rings (SSSR count). The van der Waals surface area contributed by atoms with Gasteiger partial charge in [-0.1, -0.05) is 13.3 Å². The first-order chi connectivity index (χ1) is 9.70. The normalized spacial score (nSPS) is 18.0.